The van der Waals surface area contributed by atoms with Crippen LogP contribution in [0.15, 0.2) is 84.9 Å². The highest BCUT2D eigenvalue weighted by Crippen LogP contribution is 2.24. The zero-order chi connectivity index (χ0) is 23.9. The topological polar surface area (TPSA) is 110 Å². The molecule has 2 atom stereocenters. The first-order valence-electron chi connectivity index (χ1n) is 10.8. The number of hydrogen-bond acceptors (Lipinski definition) is 6. The SMILES string of the molecule is NC(CSSC[C@H](N)C(=O)Nc1ccc2ccccc2c1)C(=O)Nc1ccc2ccccc2c1. The Kier molecular flexibility index (Phi) is 8.08. The number of nitrogens with two attached hydrogens (primary N) is 2. The Bertz CT molecular complexity index is 1210. The van der Waals surface area contributed by atoms with Gasteiger partial charge in [0, 0.05) is 22.9 Å². The third kappa shape index (κ3) is 6.30. The molecule has 0 radical (unpaired) electrons. The maximum Gasteiger partial charge on any atom is 0.242 e. The summed E-state index contributed by atoms with van der Waals surface area (Å²) in [6, 6.07) is 26.1. The lowest BCUT2D eigenvalue weighted by Crippen LogP contribution is -2.38. The minimum Gasteiger partial charge on any atom is -0.325 e. The average molecular weight is 491 g/mol. The molecular weight excluding hydrogens is 464 g/mol. The van der Waals surface area contributed by atoms with Crippen molar-refractivity contribution in [1.29, 1.82) is 0 Å². The smallest absolute Gasteiger partial charge is 0.242 e. The summed E-state index contributed by atoms with van der Waals surface area (Å²) < 4.78 is 0. The van der Waals surface area contributed by atoms with E-state index in [0.29, 0.717) is 22.9 Å². The van der Waals surface area contributed by atoms with E-state index in [2.05, 4.69) is 10.6 Å². The van der Waals surface area contributed by atoms with Gasteiger partial charge in [-0.05, 0) is 45.8 Å². The van der Waals surface area contributed by atoms with E-state index in [9.17, 15) is 9.59 Å². The van der Waals surface area contributed by atoms with Crippen LogP contribution in [0, 0.1) is 0 Å². The quantitative estimate of drug-likeness (QED) is 0.202. The molecule has 0 saturated carbocycles. The second kappa shape index (κ2) is 11.4. The van der Waals surface area contributed by atoms with Gasteiger partial charge in [-0.25, -0.2) is 0 Å². The summed E-state index contributed by atoms with van der Waals surface area (Å²) in [5.74, 6) is 0.315. The first-order chi connectivity index (χ1) is 16.5. The van der Waals surface area contributed by atoms with Crippen LogP contribution in [0.25, 0.3) is 21.5 Å². The summed E-state index contributed by atoms with van der Waals surface area (Å²) in [6.45, 7) is 0. The molecule has 2 amide bonds. The van der Waals surface area contributed by atoms with Crippen molar-refractivity contribution < 1.29 is 9.59 Å². The maximum atomic E-state index is 12.4. The van der Waals surface area contributed by atoms with Gasteiger partial charge in [0.15, 0.2) is 0 Å². The molecule has 0 aliphatic carbocycles. The van der Waals surface area contributed by atoms with Gasteiger partial charge in [0.2, 0.25) is 11.8 Å². The van der Waals surface area contributed by atoms with Crippen LogP contribution in [0.5, 0.6) is 0 Å². The van der Waals surface area contributed by atoms with Crippen LogP contribution in [-0.2, 0) is 9.59 Å². The molecule has 0 aliphatic rings. The minimum absolute atomic E-state index is 0.248. The second-order valence-electron chi connectivity index (χ2n) is 7.88. The van der Waals surface area contributed by atoms with Gasteiger partial charge in [-0.2, -0.15) is 0 Å². The number of anilines is 2. The highest BCUT2D eigenvalue weighted by atomic mass is 33.1. The molecule has 0 bridgehead atoms. The average Bonchev–Trinajstić information content (AvgIpc) is 2.86. The summed E-state index contributed by atoms with van der Waals surface area (Å²) in [6.07, 6.45) is 0. The standard InChI is InChI=1S/C26H26N4O2S2/c27-23(25(31)29-21-11-9-17-5-1-3-7-19(17)13-21)15-33-34-16-24(28)26(32)30-22-12-10-18-6-2-4-8-20(18)14-22/h1-14,23-24H,15-16,27-28H2,(H,29,31)(H,30,32)/t23-,24?/m0/s1. The highest BCUT2D eigenvalue weighted by Gasteiger charge is 2.17. The van der Waals surface area contributed by atoms with Crippen LogP contribution in [0.3, 0.4) is 0 Å². The molecule has 6 N–H and O–H groups in total. The van der Waals surface area contributed by atoms with Gasteiger partial charge in [0.05, 0.1) is 12.1 Å². The van der Waals surface area contributed by atoms with Crippen molar-refractivity contribution >= 4 is 66.3 Å². The van der Waals surface area contributed by atoms with E-state index in [4.69, 9.17) is 11.5 Å². The molecule has 6 nitrogen and oxygen atoms in total. The largest absolute Gasteiger partial charge is 0.325 e. The summed E-state index contributed by atoms with van der Waals surface area (Å²) in [4.78, 5) is 24.9. The van der Waals surface area contributed by atoms with E-state index in [1.54, 1.807) is 0 Å². The van der Waals surface area contributed by atoms with Crippen LogP contribution < -0.4 is 22.1 Å². The van der Waals surface area contributed by atoms with Crippen molar-refractivity contribution in [2.75, 3.05) is 22.1 Å². The van der Waals surface area contributed by atoms with E-state index < -0.39 is 12.1 Å². The third-order valence-electron chi connectivity index (χ3n) is 5.29. The maximum absolute atomic E-state index is 12.4. The van der Waals surface area contributed by atoms with Gasteiger partial charge >= 0.3 is 0 Å². The monoisotopic (exact) mass is 490 g/mol. The lowest BCUT2D eigenvalue weighted by atomic mass is 10.1. The highest BCUT2D eigenvalue weighted by molar-refractivity contribution is 8.76. The summed E-state index contributed by atoms with van der Waals surface area (Å²) in [7, 11) is 2.86. The van der Waals surface area contributed by atoms with Crippen molar-refractivity contribution in [3.8, 4) is 0 Å². The molecule has 4 aromatic rings. The molecule has 0 fully saturated rings. The number of amides is 2. The zero-order valence-corrected chi connectivity index (χ0v) is 20.1. The van der Waals surface area contributed by atoms with Crippen molar-refractivity contribution in [1.82, 2.24) is 0 Å². The van der Waals surface area contributed by atoms with Crippen molar-refractivity contribution in [3.63, 3.8) is 0 Å². The predicted octanol–water partition coefficient (Wildman–Crippen LogP) is 4.61. The lowest BCUT2D eigenvalue weighted by molar-refractivity contribution is -0.117. The Hall–Kier alpha value is -3.04. The Balaban J connectivity index is 1.19. The number of carbonyl (C=O) groups excluding carboxylic acids is 2. The zero-order valence-electron chi connectivity index (χ0n) is 18.4. The van der Waals surface area contributed by atoms with Crippen LogP contribution in [0.4, 0.5) is 11.4 Å². The van der Waals surface area contributed by atoms with Crippen LogP contribution in [0.1, 0.15) is 0 Å². The van der Waals surface area contributed by atoms with Crippen molar-refractivity contribution in [2.45, 2.75) is 12.1 Å². The molecule has 0 aromatic heterocycles. The van der Waals surface area contributed by atoms with Crippen LogP contribution in [0.2, 0.25) is 0 Å². The fraction of sp³-hybridized carbons (Fsp3) is 0.154. The molecule has 0 heterocycles. The van der Waals surface area contributed by atoms with Gasteiger partial charge in [-0.1, -0.05) is 82.3 Å². The van der Waals surface area contributed by atoms with Crippen molar-refractivity contribution in [3.05, 3.63) is 84.9 Å². The Morgan fingerprint density at radius 1 is 0.618 bits per heavy atom. The van der Waals surface area contributed by atoms with Gasteiger partial charge in [-0.3, -0.25) is 9.59 Å². The Labute approximate surface area is 206 Å². The summed E-state index contributed by atoms with van der Waals surface area (Å²) >= 11 is 0. The molecular formula is C26H26N4O2S2. The van der Waals surface area contributed by atoms with E-state index in [1.165, 1.54) is 21.6 Å². The van der Waals surface area contributed by atoms with E-state index in [1.807, 2.05) is 84.9 Å². The molecule has 4 rings (SSSR count). The molecule has 8 heteroatoms. The second-order valence-corrected chi connectivity index (χ2v) is 10.4. The summed E-state index contributed by atoms with van der Waals surface area (Å²) in [5, 5.41) is 10.1. The third-order valence-corrected chi connectivity index (χ3v) is 7.76. The minimum atomic E-state index is -0.674. The molecule has 0 saturated heterocycles. The van der Waals surface area contributed by atoms with E-state index in [-0.39, 0.29) is 11.8 Å². The number of fused-ring (bicyclic) bond motifs is 2. The number of hydrogen-bond donors (Lipinski definition) is 4. The van der Waals surface area contributed by atoms with E-state index >= 15 is 0 Å². The van der Waals surface area contributed by atoms with Gasteiger partial charge in [0.25, 0.3) is 0 Å². The Morgan fingerprint density at radius 2 is 1.00 bits per heavy atom. The molecule has 174 valence electrons. The molecule has 1 unspecified atom stereocenters. The van der Waals surface area contributed by atoms with Gasteiger partial charge < -0.3 is 22.1 Å². The van der Waals surface area contributed by atoms with E-state index in [0.717, 1.165) is 21.5 Å². The van der Waals surface area contributed by atoms with Crippen LogP contribution in [-0.4, -0.2) is 35.4 Å². The fourth-order valence-corrected chi connectivity index (χ4v) is 5.64. The molecule has 4 aromatic carbocycles. The molecule has 34 heavy (non-hydrogen) atoms. The fourth-order valence-electron chi connectivity index (χ4n) is 3.40. The van der Waals surface area contributed by atoms with Gasteiger partial charge in [0.1, 0.15) is 0 Å². The number of rotatable bonds is 9. The first kappa shape index (κ1) is 24.1. The number of carbonyl (C=O) groups is 2. The molecule has 0 aliphatic heterocycles. The number of benzene rings is 4. The predicted molar refractivity (Wildman–Crippen MR) is 146 cm³/mol. The normalized spacial score (nSPS) is 12.9. The Morgan fingerprint density at radius 3 is 1.41 bits per heavy atom. The van der Waals surface area contributed by atoms with Crippen molar-refractivity contribution in [2.24, 2.45) is 11.5 Å². The molecule has 0 spiro atoms. The lowest BCUT2D eigenvalue weighted by Gasteiger charge is -2.14. The van der Waals surface area contributed by atoms with Gasteiger partial charge in [-0.15, -0.1) is 0 Å². The number of nitrogens with one attached hydrogen (secondary N) is 2. The first-order valence-corrected chi connectivity index (χ1v) is 13.3. The summed E-state index contributed by atoms with van der Waals surface area (Å²) in [5.41, 5.74) is 13.5. The van der Waals surface area contributed by atoms with Crippen LogP contribution >= 0.6 is 21.6 Å².